The highest BCUT2D eigenvalue weighted by Gasteiger charge is 2.43. The summed E-state index contributed by atoms with van der Waals surface area (Å²) in [5.74, 6) is 2.85. The molecule has 154 valence electrons. The first-order valence-corrected chi connectivity index (χ1v) is 12.0. The molecular weight excluding hydrogens is 376 g/mol. The van der Waals surface area contributed by atoms with E-state index in [0.717, 1.165) is 67.8 Å². The number of carbonyl (C=O) groups is 1. The molecule has 0 spiro atoms. The summed E-state index contributed by atoms with van der Waals surface area (Å²) < 4.78 is 22.6. The van der Waals surface area contributed by atoms with Gasteiger partial charge in [0, 0.05) is 25.2 Å². The molecule has 3 fully saturated rings. The number of carbonyl (C=O) groups excluding carboxylic acids is 1. The van der Waals surface area contributed by atoms with Crippen LogP contribution in [0.3, 0.4) is 0 Å². The van der Waals surface area contributed by atoms with Gasteiger partial charge in [0.05, 0.1) is 12.8 Å². The first-order valence-electron chi connectivity index (χ1n) is 10.5. The van der Waals surface area contributed by atoms with E-state index >= 15 is 0 Å². The predicted octanol–water partition coefficient (Wildman–Crippen LogP) is 3.63. The second kappa shape index (κ2) is 8.91. The number of pyridine rings is 1. The van der Waals surface area contributed by atoms with Crippen molar-refractivity contribution in [2.75, 3.05) is 26.0 Å². The van der Waals surface area contributed by atoms with Gasteiger partial charge in [-0.25, -0.2) is 9.78 Å². The molecule has 4 rings (SSSR count). The van der Waals surface area contributed by atoms with E-state index < -0.39 is 11.2 Å². The number of amides is 1. The van der Waals surface area contributed by atoms with Crippen molar-refractivity contribution in [3.63, 3.8) is 0 Å². The van der Waals surface area contributed by atoms with Gasteiger partial charge in [0.15, 0.2) is 4.90 Å². The second-order valence-electron chi connectivity index (χ2n) is 8.34. The molecule has 2 saturated carbocycles. The van der Waals surface area contributed by atoms with Gasteiger partial charge in [-0.05, 0) is 73.9 Å². The molecule has 7 heteroatoms. The van der Waals surface area contributed by atoms with Crippen molar-refractivity contribution in [3.8, 4) is 5.88 Å². The summed E-state index contributed by atoms with van der Waals surface area (Å²) in [6.45, 7) is 2.35. The maximum atomic E-state index is 12.2. The van der Waals surface area contributed by atoms with Crippen molar-refractivity contribution in [2.45, 2.75) is 55.9 Å². The van der Waals surface area contributed by atoms with Crippen LogP contribution in [0, 0.1) is 17.8 Å². The summed E-state index contributed by atoms with van der Waals surface area (Å²) in [4.78, 5) is 19.0. The van der Waals surface area contributed by atoms with E-state index in [2.05, 4.69) is 4.98 Å². The lowest BCUT2D eigenvalue weighted by Crippen LogP contribution is -2.41. The Bertz CT molecular complexity index is 657. The summed E-state index contributed by atoms with van der Waals surface area (Å²) in [6.07, 6.45) is 11.1. The zero-order chi connectivity index (χ0) is 19.5. The Morgan fingerprint density at radius 3 is 2.68 bits per heavy atom. The Kier molecular flexibility index (Phi) is 6.31. The highest BCUT2D eigenvalue weighted by Crippen LogP contribution is 2.49. The number of aromatic nitrogens is 1. The van der Waals surface area contributed by atoms with Crippen LogP contribution in [0.5, 0.6) is 5.88 Å². The maximum Gasteiger partial charge on any atom is 0.410 e. The summed E-state index contributed by atoms with van der Waals surface area (Å²) >= 11 is -1.01. The van der Waals surface area contributed by atoms with Crippen LogP contribution >= 0.6 is 0 Å². The fourth-order valence-corrected chi connectivity index (χ4v) is 4.79. The molecule has 1 unspecified atom stereocenters. The monoisotopic (exact) mass is 406 g/mol. The average molecular weight is 407 g/mol. The molecule has 0 bridgehead atoms. The van der Waals surface area contributed by atoms with Gasteiger partial charge in [0.25, 0.3) is 0 Å². The average Bonchev–Trinajstić information content (AvgIpc) is 3.44. The number of ether oxygens (including phenoxy) is 2. The van der Waals surface area contributed by atoms with Gasteiger partial charge in [-0.2, -0.15) is 0 Å². The van der Waals surface area contributed by atoms with Gasteiger partial charge in [0.1, 0.15) is 12.4 Å². The standard InChI is InChI=1S/C21H30N2O4S/c1-28(25)18-5-6-20(22-14-18)26-12-9-16-13-19(16)15-7-10-23(11-8-15)21(24)27-17-3-2-4-17/h5-6,14-17,19H,2-4,7-13H2,1H3/t16-,19-,28?/m1/s1. The molecule has 0 radical (unpaired) electrons. The fraction of sp³-hybridized carbons (Fsp3) is 0.714. The second-order valence-corrected chi connectivity index (χ2v) is 9.72. The highest BCUT2D eigenvalue weighted by atomic mass is 32.2. The van der Waals surface area contributed by atoms with Crippen LogP contribution in [0.2, 0.25) is 0 Å². The van der Waals surface area contributed by atoms with Crippen molar-refractivity contribution in [1.29, 1.82) is 0 Å². The number of hydrogen-bond acceptors (Lipinski definition) is 5. The summed E-state index contributed by atoms with van der Waals surface area (Å²) in [5, 5.41) is 0. The summed E-state index contributed by atoms with van der Waals surface area (Å²) in [6, 6.07) is 3.60. The Morgan fingerprint density at radius 1 is 1.29 bits per heavy atom. The smallest absolute Gasteiger partial charge is 0.410 e. The van der Waals surface area contributed by atoms with E-state index in [1.54, 1.807) is 18.5 Å². The Morgan fingerprint density at radius 2 is 2.07 bits per heavy atom. The van der Waals surface area contributed by atoms with Crippen LogP contribution in [0.25, 0.3) is 0 Å². The number of likely N-dealkylation sites (tertiary alicyclic amines) is 1. The van der Waals surface area contributed by atoms with E-state index in [1.807, 2.05) is 11.0 Å². The molecule has 3 aliphatic rings. The van der Waals surface area contributed by atoms with Gasteiger partial charge in [0.2, 0.25) is 5.88 Å². The first kappa shape index (κ1) is 19.8. The lowest BCUT2D eigenvalue weighted by atomic mass is 9.90. The minimum atomic E-state index is -1.01. The minimum Gasteiger partial charge on any atom is -0.612 e. The molecule has 1 aliphatic heterocycles. The predicted molar refractivity (Wildman–Crippen MR) is 107 cm³/mol. The van der Waals surface area contributed by atoms with E-state index in [9.17, 15) is 9.35 Å². The van der Waals surface area contributed by atoms with Crippen LogP contribution in [0.4, 0.5) is 4.79 Å². The van der Waals surface area contributed by atoms with Crippen molar-refractivity contribution >= 4 is 17.3 Å². The Hall–Kier alpha value is -1.47. The third kappa shape index (κ3) is 4.92. The first-order chi connectivity index (χ1) is 13.6. The maximum absolute atomic E-state index is 12.2. The van der Waals surface area contributed by atoms with E-state index in [1.165, 1.54) is 12.8 Å². The van der Waals surface area contributed by atoms with E-state index in [0.29, 0.717) is 12.5 Å². The lowest BCUT2D eigenvalue weighted by molar-refractivity contribution is 0.0195. The zero-order valence-corrected chi connectivity index (χ0v) is 17.4. The van der Waals surface area contributed by atoms with Gasteiger partial charge in [-0.1, -0.05) is 0 Å². The van der Waals surface area contributed by atoms with Crippen molar-refractivity contribution < 1.29 is 18.8 Å². The number of piperidine rings is 1. The van der Waals surface area contributed by atoms with Crippen LogP contribution in [0.1, 0.15) is 44.9 Å². The topological polar surface area (TPSA) is 74.7 Å². The molecule has 0 N–H and O–H groups in total. The van der Waals surface area contributed by atoms with E-state index in [-0.39, 0.29) is 12.2 Å². The van der Waals surface area contributed by atoms with Crippen LogP contribution < -0.4 is 4.74 Å². The largest absolute Gasteiger partial charge is 0.612 e. The normalized spacial score (nSPS) is 26.4. The third-order valence-electron chi connectivity index (χ3n) is 6.48. The highest BCUT2D eigenvalue weighted by molar-refractivity contribution is 7.90. The molecule has 2 heterocycles. The van der Waals surface area contributed by atoms with Gasteiger partial charge in [-0.15, -0.1) is 0 Å². The molecule has 3 atom stereocenters. The molecule has 28 heavy (non-hydrogen) atoms. The summed E-state index contributed by atoms with van der Waals surface area (Å²) in [5.41, 5.74) is 0. The quantitative estimate of drug-likeness (QED) is 0.647. The van der Waals surface area contributed by atoms with Crippen LogP contribution in [-0.4, -0.2) is 52.6 Å². The number of rotatable bonds is 7. The molecule has 6 nitrogen and oxygen atoms in total. The molecular formula is C21H30N2O4S. The van der Waals surface area contributed by atoms with Gasteiger partial charge < -0.3 is 18.9 Å². The molecule has 1 saturated heterocycles. The van der Waals surface area contributed by atoms with Crippen LogP contribution in [-0.2, 0) is 15.9 Å². The van der Waals surface area contributed by atoms with Gasteiger partial charge in [-0.3, -0.25) is 0 Å². The Labute approximate surface area is 170 Å². The molecule has 1 aromatic rings. The van der Waals surface area contributed by atoms with E-state index in [4.69, 9.17) is 9.47 Å². The third-order valence-corrected chi connectivity index (χ3v) is 7.39. The minimum absolute atomic E-state index is 0.102. The van der Waals surface area contributed by atoms with Crippen molar-refractivity contribution in [1.82, 2.24) is 9.88 Å². The molecule has 0 aromatic carbocycles. The summed E-state index contributed by atoms with van der Waals surface area (Å²) in [7, 11) is 0. The molecule has 2 aliphatic carbocycles. The van der Waals surface area contributed by atoms with Crippen molar-refractivity contribution in [3.05, 3.63) is 18.3 Å². The SMILES string of the molecule is C[S+]([O-])c1ccc(OCC[C@@H]2C[C@@H]2C2CCN(C(=O)OC3CCC3)CC2)nc1. The fourth-order valence-electron chi connectivity index (χ4n) is 4.33. The Balaban J connectivity index is 1.12. The zero-order valence-electron chi connectivity index (χ0n) is 16.5. The van der Waals surface area contributed by atoms with Crippen LogP contribution in [0.15, 0.2) is 23.2 Å². The van der Waals surface area contributed by atoms with Gasteiger partial charge >= 0.3 is 6.09 Å². The number of nitrogens with zero attached hydrogens (tertiary/aromatic N) is 2. The number of hydrogen-bond donors (Lipinski definition) is 0. The molecule has 1 amide bonds. The molecule has 1 aromatic heterocycles. The lowest BCUT2D eigenvalue weighted by Gasteiger charge is -2.34. The van der Waals surface area contributed by atoms with Crippen molar-refractivity contribution in [2.24, 2.45) is 17.8 Å².